The smallest absolute Gasteiger partial charge is 0.410 e. The lowest BCUT2D eigenvalue weighted by Gasteiger charge is -2.37. The van der Waals surface area contributed by atoms with Crippen molar-refractivity contribution in [2.75, 3.05) is 38.1 Å². The Morgan fingerprint density at radius 2 is 1.81 bits per heavy atom. The van der Waals surface area contributed by atoms with Gasteiger partial charge in [0.2, 0.25) is 0 Å². The zero-order chi connectivity index (χ0) is 19.9. The second kappa shape index (κ2) is 6.71. The number of nitrogens with zero attached hydrogens (tertiary/aromatic N) is 4. The second-order valence-corrected chi connectivity index (χ2v) is 7.83. The number of nitro benzene ring substituents is 1. The molecule has 0 atom stereocenters. The van der Waals surface area contributed by atoms with Crippen LogP contribution in [0.25, 0.3) is 0 Å². The summed E-state index contributed by atoms with van der Waals surface area (Å²) in [6.45, 7) is 7.95. The van der Waals surface area contributed by atoms with E-state index in [4.69, 9.17) is 4.74 Å². The van der Waals surface area contributed by atoms with E-state index in [0.717, 1.165) is 5.69 Å². The molecule has 9 nitrogen and oxygen atoms in total. The highest BCUT2D eigenvalue weighted by Gasteiger charge is 2.36. The van der Waals surface area contributed by atoms with Crippen LogP contribution in [0.3, 0.4) is 0 Å². The first-order valence-corrected chi connectivity index (χ1v) is 8.87. The van der Waals surface area contributed by atoms with E-state index in [-0.39, 0.29) is 23.3 Å². The number of rotatable bonds is 2. The fourth-order valence-electron chi connectivity index (χ4n) is 3.43. The van der Waals surface area contributed by atoms with Gasteiger partial charge in [-0.15, -0.1) is 0 Å². The molecule has 0 aromatic heterocycles. The second-order valence-electron chi connectivity index (χ2n) is 7.83. The summed E-state index contributed by atoms with van der Waals surface area (Å²) in [5.74, 6) is -0.328. The first-order valence-electron chi connectivity index (χ1n) is 8.87. The standard InChI is InChI=1S/C18H24N4O5/c1-18(2,3)27-17(24)21-9-7-20(8-10-21)13-5-6-14(22(25)26)15-12(13)11-19(4)16(15)23/h5-6H,7-11H2,1-4H3. The molecule has 1 aromatic carbocycles. The van der Waals surface area contributed by atoms with E-state index in [9.17, 15) is 19.7 Å². The largest absolute Gasteiger partial charge is 0.444 e. The third kappa shape index (κ3) is 3.67. The van der Waals surface area contributed by atoms with E-state index >= 15 is 0 Å². The number of carbonyl (C=O) groups is 2. The van der Waals surface area contributed by atoms with Crippen LogP contribution in [0.1, 0.15) is 36.7 Å². The molecule has 146 valence electrons. The summed E-state index contributed by atoms with van der Waals surface area (Å²) in [6.07, 6.45) is -0.342. The van der Waals surface area contributed by atoms with Crippen molar-refractivity contribution in [3.8, 4) is 0 Å². The topological polar surface area (TPSA) is 96.2 Å². The minimum Gasteiger partial charge on any atom is -0.444 e. The Bertz CT molecular complexity index is 794. The average molecular weight is 376 g/mol. The van der Waals surface area contributed by atoms with Gasteiger partial charge in [-0.3, -0.25) is 14.9 Å². The molecule has 2 amide bonds. The first kappa shape index (κ1) is 18.9. The first-order chi connectivity index (χ1) is 12.6. The molecule has 27 heavy (non-hydrogen) atoms. The number of fused-ring (bicyclic) bond motifs is 1. The van der Waals surface area contributed by atoms with Gasteiger partial charge in [0, 0.05) is 57.1 Å². The zero-order valence-corrected chi connectivity index (χ0v) is 16.0. The number of amides is 2. The highest BCUT2D eigenvalue weighted by atomic mass is 16.6. The summed E-state index contributed by atoms with van der Waals surface area (Å²) >= 11 is 0. The summed E-state index contributed by atoms with van der Waals surface area (Å²) < 4.78 is 5.40. The maximum absolute atomic E-state index is 12.4. The van der Waals surface area contributed by atoms with E-state index in [1.165, 1.54) is 11.0 Å². The number of hydrogen-bond acceptors (Lipinski definition) is 6. The Morgan fingerprint density at radius 1 is 1.19 bits per heavy atom. The molecule has 0 spiro atoms. The average Bonchev–Trinajstić information content (AvgIpc) is 2.88. The molecule has 0 aliphatic carbocycles. The van der Waals surface area contributed by atoms with Crippen LogP contribution in [-0.2, 0) is 11.3 Å². The number of hydrogen-bond donors (Lipinski definition) is 0. The van der Waals surface area contributed by atoms with Gasteiger partial charge in [0.15, 0.2) is 0 Å². The molecule has 0 bridgehead atoms. The zero-order valence-electron chi connectivity index (χ0n) is 16.0. The molecule has 2 heterocycles. The molecule has 0 radical (unpaired) electrons. The molecule has 0 unspecified atom stereocenters. The molecule has 2 aliphatic rings. The number of benzene rings is 1. The summed E-state index contributed by atoms with van der Waals surface area (Å²) in [5, 5.41) is 11.3. The molecule has 9 heteroatoms. The van der Waals surface area contributed by atoms with Gasteiger partial charge in [0.25, 0.3) is 11.6 Å². The lowest BCUT2D eigenvalue weighted by molar-refractivity contribution is -0.385. The van der Waals surface area contributed by atoms with E-state index in [0.29, 0.717) is 38.3 Å². The maximum atomic E-state index is 12.4. The summed E-state index contributed by atoms with van der Waals surface area (Å²) in [4.78, 5) is 40.6. The van der Waals surface area contributed by atoms with E-state index < -0.39 is 10.5 Å². The lowest BCUT2D eigenvalue weighted by atomic mass is 10.0. The predicted octanol–water partition coefficient (Wildman–Crippen LogP) is 2.24. The summed E-state index contributed by atoms with van der Waals surface area (Å²) in [5.41, 5.74) is 0.975. The molecule has 1 saturated heterocycles. The van der Waals surface area contributed by atoms with Crippen molar-refractivity contribution < 1.29 is 19.2 Å². The van der Waals surface area contributed by atoms with Crippen LogP contribution in [0.15, 0.2) is 12.1 Å². The highest BCUT2D eigenvalue weighted by Crippen LogP contribution is 2.37. The van der Waals surface area contributed by atoms with Gasteiger partial charge in [0.1, 0.15) is 11.2 Å². The van der Waals surface area contributed by atoms with E-state index in [1.54, 1.807) is 18.0 Å². The SMILES string of the molecule is CN1Cc2c(N3CCN(C(=O)OC(C)(C)C)CC3)ccc([N+](=O)[O-])c2C1=O. The molecule has 0 saturated carbocycles. The molecule has 0 N–H and O–H groups in total. The fraction of sp³-hybridized carbons (Fsp3) is 0.556. The van der Waals surface area contributed by atoms with Gasteiger partial charge in [-0.1, -0.05) is 0 Å². The Balaban J connectivity index is 1.79. The predicted molar refractivity (Wildman–Crippen MR) is 98.9 cm³/mol. The van der Waals surface area contributed by atoms with E-state index in [2.05, 4.69) is 4.90 Å². The van der Waals surface area contributed by atoms with Crippen LogP contribution in [0.2, 0.25) is 0 Å². The third-order valence-electron chi connectivity index (χ3n) is 4.69. The van der Waals surface area contributed by atoms with Crippen LogP contribution < -0.4 is 4.90 Å². The Labute approximate surface area is 157 Å². The van der Waals surface area contributed by atoms with Crippen LogP contribution >= 0.6 is 0 Å². The normalized spacial score (nSPS) is 17.2. The van der Waals surface area contributed by atoms with Crippen molar-refractivity contribution in [3.63, 3.8) is 0 Å². The molecular formula is C18H24N4O5. The van der Waals surface area contributed by atoms with Gasteiger partial charge in [-0.2, -0.15) is 0 Å². The van der Waals surface area contributed by atoms with Crippen molar-refractivity contribution in [3.05, 3.63) is 33.4 Å². The third-order valence-corrected chi connectivity index (χ3v) is 4.69. The Hall–Kier alpha value is -2.84. The lowest BCUT2D eigenvalue weighted by Crippen LogP contribution is -2.50. The number of piperazine rings is 1. The van der Waals surface area contributed by atoms with Crippen molar-refractivity contribution in [2.45, 2.75) is 32.9 Å². The van der Waals surface area contributed by atoms with Gasteiger partial charge in [-0.25, -0.2) is 4.79 Å². The van der Waals surface area contributed by atoms with Gasteiger partial charge in [0.05, 0.1) is 4.92 Å². The van der Waals surface area contributed by atoms with Crippen molar-refractivity contribution in [1.82, 2.24) is 9.80 Å². The number of carbonyl (C=O) groups excluding carboxylic acids is 2. The summed E-state index contributed by atoms with van der Waals surface area (Å²) in [6, 6.07) is 3.10. The molecular weight excluding hydrogens is 352 g/mol. The minimum atomic E-state index is -0.543. The monoisotopic (exact) mass is 376 g/mol. The molecule has 1 fully saturated rings. The van der Waals surface area contributed by atoms with Crippen LogP contribution in [0.4, 0.5) is 16.2 Å². The maximum Gasteiger partial charge on any atom is 0.410 e. The minimum absolute atomic E-state index is 0.157. The number of nitro groups is 1. The van der Waals surface area contributed by atoms with Crippen LogP contribution in [0.5, 0.6) is 0 Å². The Morgan fingerprint density at radius 3 is 2.37 bits per heavy atom. The van der Waals surface area contributed by atoms with Gasteiger partial charge >= 0.3 is 6.09 Å². The fourth-order valence-corrected chi connectivity index (χ4v) is 3.43. The van der Waals surface area contributed by atoms with Crippen molar-refractivity contribution in [2.24, 2.45) is 0 Å². The Kier molecular flexibility index (Phi) is 4.71. The highest BCUT2D eigenvalue weighted by molar-refractivity contribution is 6.03. The molecule has 2 aliphatic heterocycles. The van der Waals surface area contributed by atoms with Crippen molar-refractivity contribution in [1.29, 1.82) is 0 Å². The van der Waals surface area contributed by atoms with Crippen LogP contribution in [-0.4, -0.2) is 65.6 Å². The number of anilines is 1. The van der Waals surface area contributed by atoms with Gasteiger partial charge < -0.3 is 19.4 Å². The molecule has 1 aromatic rings. The number of ether oxygens (including phenoxy) is 1. The molecule has 3 rings (SSSR count). The van der Waals surface area contributed by atoms with Gasteiger partial charge in [-0.05, 0) is 26.8 Å². The van der Waals surface area contributed by atoms with Crippen LogP contribution in [0, 0.1) is 10.1 Å². The quantitative estimate of drug-likeness (QED) is 0.580. The van der Waals surface area contributed by atoms with E-state index in [1.807, 2.05) is 20.8 Å². The van der Waals surface area contributed by atoms with Crippen molar-refractivity contribution >= 4 is 23.4 Å². The summed E-state index contributed by atoms with van der Waals surface area (Å²) in [7, 11) is 1.64.